The van der Waals surface area contributed by atoms with Crippen molar-refractivity contribution in [2.45, 2.75) is 18.9 Å². The highest BCUT2D eigenvalue weighted by Gasteiger charge is 2.35. The number of nitrogens with one attached hydrogen (secondary N) is 1. The lowest BCUT2D eigenvalue weighted by molar-refractivity contribution is -0.109. The molecule has 1 aliphatic rings. The van der Waals surface area contributed by atoms with Gasteiger partial charge in [0.05, 0.1) is 12.7 Å². The van der Waals surface area contributed by atoms with Gasteiger partial charge in [0.2, 0.25) is 0 Å². The number of fused-ring (bicyclic) bond motifs is 1. The Labute approximate surface area is 156 Å². The van der Waals surface area contributed by atoms with Crippen LogP contribution in [0.15, 0.2) is 54.7 Å². The summed E-state index contributed by atoms with van der Waals surface area (Å²) in [5.41, 5.74) is 1.91. The molecule has 0 saturated carbocycles. The molecule has 0 amide bonds. The van der Waals surface area contributed by atoms with Crippen LogP contribution < -0.4 is 4.74 Å². The third-order valence-electron chi connectivity index (χ3n) is 4.87. The maximum Gasteiger partial charge on any atom is 0.357 e. The molecular formula is C21H20N2O4. The van der Waals surface area contributed by atoms with E-state index in [4.69, 9.17) is 9.57 Å². The van der Waals surface area contributed by atoms with E-state index in [1.54, 1.807) is 37.6 Å². The van der Waals surface area contributed by atoms with E-state index in [0.717, 1.165) is 17.3 Å². The molecule has 1 aliphatic heterocycles. The molecule has 1 aromatic heterocycles. The first-order chi connectivity index (χ1) is 13.2. The number of nitrogens with zero attached hydrogens (tertiary/aromatic N) is 1. The van der Waals surface area contributed by atoms with Gasteiger partial charge in [0, 0.05) is 29.2 Å². The van der Waals surface area contributed by atoms with Crippen molar-refractivity contribution < 1.29 is 19.2 Å². The van der Waals surface area contributed by atoms with Gasteiger partial charge in [-0.05, 0) is 43.2 Å². The first-order valence-corrected chi connectivity index (χ1v) is 8.90. The lowest BCUT2D eigenvalue weighted by atomic mass is 10.0. The number of ether oxygens (including phenoxy) is 1. The lowest BCUT2D eigenvalue weighted by Gasteiger charge is -2.22. The zero-order valence-electron chi connectivity index (χ0n) is 15.0. The van der Waals surface area contributed by atoms with Crippen LogP contribution in [-0.4, -0.2) is 41.5 Å². The summed E-state index contributed by atoms with van der Waals surface area (Å²) in [6.45, 7) is 0.542. The third kappa shape index (κ3) is 3.31. The van der Waals surface area contributed by atoms with Gasteiger partial charge in [-0.1, -0.05) is 18.2 Å². The Hall–Kier alpha value is -3.12. The number of H-pyrrole nitrogens is 1. The molecule has 3 aromatic rings. The Morgan fingerprint density at radius 2 is 1.96 bits per heavy atom. The molecule has 1 atom stereocenters. The number of ketones is 1. The molecule has 0 radical (unpaired) electrons. The fraction of sp³-hybridized carbons (Fsp3) is 0.238. The number of aromatic amines is 1. The zero-order valence-corrected chi connectivity index (χ0v) is 15.0. The number of hydroxylamine groups is 2. The van der Waals surface area contributed by atoms with E-state index in [-0.39, 0.29) is 5.78 Å². The SMILES string of the molecule is COc1ccc2[nH]cc(C(=O)[C@H]3CCCN3OC(=O)c3ccccc3)c2c1. The number of hydrogen-bond acceptors (Lipinski definition) is 5. The molecule has 27 heavy (non-hydrogen) atoms. The number of carbonyl (C=O) groups excluding carboxylic acids is 2. The summed E-state index contributed by atoms with van der Waals surface area (Å²) in [6.07, 6.45) is 3.16. The van der Waals surface area contributed by atoms with Crippen molar-refractivity contribution in [3.63, 3.8) is 0 Å². The summed E-state index contributed by atoms with van der Waals surface area (Å²) in [7, 11) is 1.59. The maximum atomic E-state index is 13.2. The fourth-order valence-electron chi connectivity index (χ4n) is 3.45. The highest BCUT2D eigenvalue weighted by molar-refractivity contribution is 6.10. The standard InChI is InChI=1S/C21H20N2O4/c1-26-15-9-10-18-16(12-15)17(13-22-18)20(24)19-8-5-11-23(19)27-21(25)14-6-3-2-4-7-14/h2-4,6-7,9-10,12-13,19,22H,5,8,11H2,1H3/t19-/m1/s1. The van der Waals surface area contributed by atoms with E-state index in [2.05, 4.69) is 4.98 Å². The first kappa shape index (κ1) is 17.3. The van der Waals surface area contributed by atoms with Gasteiger partial charge in [0.1, 0.15) is 11.8 Å². The zero-order chi connectivity index (χ0) is 18.8. The molecule has 0 spiro atoms. The molecule has 2 heterocycles. The van der Waals surface area contributed by atoms with E-state index in [0.29, 0.717) is 29.8 Å². The third-order valence-corrected chi connectivity index (χ3v) is 4.87. The maximum absolute atomic E-state index is 13.2. The summed E-state index contributed by atoms with van der Waals surface area (Å²) in [5, 5.41) is 2.32. The van der Waals surface area contributed by atoms with Gasteiger partial charge >= 0.3 is 5.97 Å². The number of hydrogen-bond donors (Lipinski definition) is 1. The number of Topliss-reactive ketones (excluding diaryl/α,β-unsaturated/α-hetero) is 1. The van der Waals surface area contributed by atoms with Gasteiger partial charge in [0.25, 0.3) is 0 Å². The van der Waals surface area contributed by atoms with Gasteiger partial charge in [-0.3, -0.25) is 4.79 Å². The van der Waals surface area contributed by atoms with Crippen molar-refractivity contribution in [1.82, 2.24) is 10.0 Å². The summed E-state index contributed by atoms with van der Waals surface area (Å²) < 4.78 is 5.27. The van der Waals surface area contributed by atoms with Crippen molar-refractivity contribution in [2.24, 2.45) is 0 Å². The molecule has 1 fully saturated rings. The average molecular weight is 364 g/mol. The number of rotatable bonds is 5. The molecule has 1 saturated heterocycles. The number of carbonyl (C=O) groups is 2. The minimum Gasteiger partial charge on any atom is -0.497 e. The van der Waals surface area contributed by atoms with Crippen LogP contribution in [0, 0.1) is 0 Å². The minimum atomic E-state index is -0.483. The quantitative estimate of drug-likeness (QED) is 0.701. The topological polar surface area (TPSA) is 71.6 Å². The van der Waals surface area contributed by atoms with Crippen molar-refractivity contribution in [2.75, 3.05) is 13.7 Å². The van der Waals surface area contributed by atoms with Crippen molar-refractivity contribution in [3.8, 4) is 5.75 Å². The van der Waals surface area contributed by atoms with Gasteiger partial charge < -0.3 is 14.6 Å². The van der Waals surface area contributed by atoms with Crippen LogP contribution in [0.1, 0.15) is 33.6 Å². The number of methoxy groups -OCH3 is 1. The van der Waals surface area contributed by atoms with Crippen LogP contribution in [-0.2, 0) is 4.84 Å². The molecule has 0 bridgehead atoms. The summed E-state index contributed by atoms with van der Waals surface area (Å²) in [5.74, 6) is 0.179. The van der Waals surface area contributed by atoms with Crippen LogP contribution in [0.4, 0.5) is 0 Å². The fourth-order valence-corrected chi connectivity index (χ4v) is 3.45. The molecule has 6 nitrogen and oxygen atoms in total. The van der Waals surface area contributed by atoms with Crippen molar-refractivity contribution in [1.29, 1.82) is 0 Å². The Morgan fingerprint density at radius 3 is 2.74 bits per heavy atom. The number of benzene rings is 2. The van der Waals surface area contributed by atoms with Gasteiger partial charge in [-0.2, -0.15) is 0 Å². The Balaban J connectivity index is 1.57. The molecular weight excluding hydrogens is 344 g/mol. The highest BCUT2D eigenvalue weighted by atomic mass is 16.7. The molecule has 0 unspecified atom stereocenters. The van der Waals surface area contributed by atoms with Gasteiger partial charge in [-0.15, -0.1) is 5.06 Å². The first-order valence-electron chi connectivity index (χ1n) is 8.90. The molecule has 1 N–H and O–H groups in total. The normalized spacial score (nSPS) is 17.1. The van der Waals surface area contributed by atoms with Crippen LogP contribution >= 0.6 is 0 Å². The van der Waals surface area contributed by atoms with Crippen LogP contribution in [0.2, 0.25) is 0 Å². The van der Waals surface area contributed by atoms with E-state index < -0.39 is 12.0 Å². The predicted molar refractivity (Wildman–Crippen MR) is 101 cm³/mol. The van der Waals surface area contributed by atoms with Crippen molar-refractivity contribution in [3.05, 3.63) is 65.9 Å². The largest absolute Gasteiger partial charge is 0.497 e. The lowest BCUT2D eigenvalue weighted by Crippen LogP contribution is -2.37. The van der Waals surface area contributed by atoms with Crippen molar-refractivity contribution >= 4 is 22.7 Å². The van der Waals surface area contributed by atoms with Crippen LogP contribution in [0.3, 0.4) is 0 Å². The monoisotopic (exact) mass is 364 g/mol. The van der Waals surface area contributed by atoms with Gasteiger partial charge in [0.15, 0.2) is 5.78 Å². The second-order valence-corrected chi connectivity index (χ2v) is 6.52. The molecule has 2 aromatic carbocycles. The molecule has 138 valence electrons. The summed E-state index contributed by atoms with van der Waals surface area (Å²) in [6, 6.07) is 13.9. The predicted octanol–water partition coefficient (Wildman–Crippen LogP) is 3.60. The second kappa shape index (κ2) is 7.25. The number of aromatic nitrogens is 1. The Kier molecular flexibility index (Phi) is 4.64. The Bertz CT molecular complexity index is 980. The van der Waals surface area contributed by atoms with E-state index in [1.165, 1.54) is 5.06 Å². The molecule has 4 rings (SSSR count). The summed E-state index contributed by atoms with van der Waals surface area (Å²) in [4.78, 5) is 34.2. The smallest absolute Gasteiger partial charge is 0.357 e. The van der Waals surface area contributed by atoms with E-state index >= 15 is 0 Å². The van der Waals surface area contributed by atoms with E-state index in [1.807, 2.05) is 24.3 Å². The second-order valence-electron chi connectivity index (χ2n) is 6.52. The highest BCUT2D eigenvalue weighted by Crippen LogP contribution is 2.28. The van der Waals surface area contributed by atoms with E-state index in [9.17, 15) is 9.59 Å². The van der Waals surface area contributed by atoms with Gasteiger partial charge in [-0.25, -0.2) is 4.79 Å². The van der Waals surface area contributed by atoms with Crippen LogP contribution in [0.25, 0.3) is 10.9 Å². The molecule has 0 aliphatic carbocycles. The summed E-state index contributed by atoms with van der Waals surface area (Å²) >= 11 is 0. The average Bonchev–Trinajstić information content (AvgIpc) is 3.34. The Morgan fingerprint density at radius 1 is 1.15 bits per heavy atom. The van der Waals surface area contributed by atoms with Crippen LogP contribution in [0.5, 0.6) is 5.75 Å². The minimum absolute atomic E-state index is 0.0622. The molecule has 6 heteroatoms.